The van der Waals surface area contributed by atoms with Crippen LogP contribution in [0.1, 0.15) is 0 Å². The SMILES string of the molecule is O=C1COc2cc(S(=O)(=O)Oc3ccc4c(=O)c(-c5ccccc5)coc4c3)c(Cl)cc2N1. The van der Waals surface area contributed by atoms with Gasteiger partial charge in [0.25, 0.3) is 5.91 Å². The molecule has 0 unspecified atom stereocenters. The van der Waals surface area contributed by atoms with Crippen LogP contribution in [0.25, 0.3) is 22.1 Å². The van der Waals surface area contributed by atoms with Crippen LogP contribution in [0.15, 0.2) is 81.0 Å². The number of nitrogens with one attached hydrogen (secondary N) is 1. The van der Waals surface area contributed by atoms with Gasteiger partial charge < -0.3 is 18.7 Å². The van der Waals surface area contributed by atoms with Crippen LogP contribution in [0.3, 0.4) is 0 Å². The van der Waals surface area contributed by atoms with Crippen LogP contribution >= 0.6 is 11.6 Å². The number of hydrogen-bond donors (Lipinski definition) is 1. The lowest BCUT2D eigenvalue weighted by atomic mass is 10.1. The predicted octanol–water partition coefficient (Wildman–Crippen LogP) is 4.21. The molecule has 5 rings (SSSR count). The molecular formula is C23H14ClNO7S. The van der Waals surface area contributed by atoms with Crippen molar-refractivity contribution in [2.24, 2.45) is 0 Å². The Morgan fingerprint density at radius 2 is 1.79 bits per heavy atom. The third-order valence-electron chi connectivity index (χ3n) is 4.97. The smallest absolute Gasteiger partial charge is 0.340 e. The molecule has 166 valence electrons. The molecule has 1 aliphatic rings. The summed E-state index contributed by atoms with van der Waals surface area (Å²) in [5.74, 6) is -0.293. The number of benzene rings is 3. The molecular weight excluding hydrogens is 470 g/mol. The number of ether oxygens (including phenoxy) is 1. The number of hydrogen-bond acceptors (Lipinski definition) is 7. The Balaban J connectivity index is 1.49. The Hall–Kier alpha value is -3.82. The van der Waals surface area contributed by atoms with Crippen LogP contribution in [0.2, 0.25) is 5.02 Å². The highest BCUT2D eigenvalue weighted by Crippen LogP contribution is 2.37. The van der Waals surface area contributed by atoms with E-state index >= 15 is 0 Å². The molecule has 0 aliphatic carbocycles. The van der Waals surface area contributed by atoms with E-state index in [1.54, 1.807) is 12.1 Å². The monoisotopic (exact) mass is 483 g/mol. The van der Waals surface area contributed by atoms with Gasteiger partial charge >= 0.3 is 10.1 Å². The molecule has 4 aromatic rings. The molecule has 1 amide bonds. The largest absolute Gasteiger partial charge is 0.482 e. The zero-order chi connectivity index (χ0) is 23.2. The van der Waals surface area contributed by atoms with E-state index < -0.39 is 10.1 Å². The fraction of sp³-hybridized carbons (Fsp3) is 0.0435. The Bertz CT molecular complexity index is 1580. The molecule has 3 aromatic carbocycles. The summed E-state index contributed by atoms with van der Waals surface area (Å²) in [6.45, 7) is -0.246. The van der Waals surface area contributed by atoms with Gasteiger partial charge in [-0.05, 0) is 23.8 Å². The van der Waals surface area contributed by atoms with Crippen LogP contribution in [-0.4, -0.2) is 20.9 Å². The molecule has 1 N–H and O–H groups in total. The van der Waals surface area contributed by atoms with Gasteiger partial charge in [-0.3, -0.25) is 9.59 Å². The second kappa shape index (κ2) is 7.95. The average Bonchev–Trinajstić information content (AvgIpc) is 2.79. The normalized spacial score (nSPS) is 13.2. The van der Waals surface area contributed by atoms with Crippen molar-refractivity contribution in [3.63, 3.8) is 0 Å². The first-order chi connectivity index (χ1) is 15.8. The molecule has 0 saturated carbocycles. The van der Waals surface area contributed by atoms with Crippen molar-refractivity contribution in [1.29, 1.82) is 0 Å². The standard InChI is InChI=1S/C23H14ClNO7S/c24-17-9-18-20(31-12-22(26)25-18)10-21(17)33(28,29)32-14-6-7-15-19(8-14)30-11-16(23(15)27)13-4-2-1-3-5-13/h1-11H,12H2,(H,25,26). The number of carbonyl (C=O) groups excluding carboxylic acids is 1. The minimum atomic E-state index is -4.37. The maximum atomic E-state index is 12.9. The summed E-state index contributed by atoms with van der Waals surface area (Å²) in [5.41, 5.74) is 1.26. The Morgan fingerprint density at radius 3 is 2.58 bits per heavy atom. The molecule has 0 spiro atoms. The molecule has 0 radical (unpaired) electrons. The van der Waals surface area contributed by atoms with E-state index in [0.717, 1.165) is 0 Å². The van der Waals surface area contributed by atoms with Gasteiger partial charge in [-0.1, -0.05) is 41.9 Å². The quantitative estimate of drug-likeness (QED) is 0.432. The van der Waals surface area contributed by atoms with Crippen molar-refractivity contribution in [1.82, 2.24) is 0 Å². The first-order valence-corrected chi connectivity index (χ1v) is 11.4. The molecule has 2 heterocycles. The average molecular weight is 484 g/mol. The highest BCUT2D eigenvalue weighted by atomic mass is 35.5. The number of anilines is 1. The van der Waals surface area contributed by atoms with E-state index in [-0.39, 0.29) is 56.0 Å². The van der Waals surface area contributed by atoms with Crippen LogP contribution in [-0.2, 0) is 14.9 Å². The second-order valence-electron chi connectivity index (χ2n) is 7.16. The molecule has 0 saturated heterocycles. The molecule has 0 bridgehead atoms. The third-order valence-corrected chi connectivity index (χ3v) is 6.69. The van der Waals surface area contributed by atoms with Crippen LogP contribution in [0.5, 0.6) is 11.5 Å². The van der Waals surface area contributed by atoms with Crippen molar-refractivity contribution in [3.05, 3.63) is 82.2 Å². The second-order valence-corrected chi connectivity index (χ2v) is 9.08. The summed E-state index contributed by atoms with van der Waals surface area (Å²) in [5, 5.41) is 2.67. The van der Waals surface area contributed by atoms with Gasteiger partial charge in [-0.15, -0.1) is 0 Å². The molecule has 8 nitrogen and oxygen atoms in total. The molecule has 33 heavy (non-hydrogen) atoms. The van der Waals surface area contributed by atoms with Crippen LogP contribution in [0.4, 0.5) is 5.69 Å². The van der Waals surface area contributed by atoms with Crippen LogP contribution in [0, 0.1) is 0 Å². The molecule has 1 aliphatic heterocycles. The van der Waals surface area contributed by atoms with E-state index in [2.05, 4.69) is 5.32 Å². The number of rotatable bonds is 4. The van der Waals surface area contributed by atoms with Gasteiger partial charge in [0.1, 0.15) is 28.2 Å². The van der Waals surface area contributed by atoms with Crippen molar-refractivity contribution in [2.45, 2.75) is 4.90 Å². The van der Waals surface area contributed by atoms with Gasteiger partial charge in [0.15, 0.2) is 12.0 Å². The first-order valence-electron chi connectivity index (χ1n) is 9.63. The number of amides is 1. The predicted molar refractivity (Wildman–Crippen MR) is 121 cm³/mol. The third kappa shape index (κ3) is 3.92. The number of fused-ring (bicyclic) bond motifs is 2. The van der Waals surface area contributed by atoms with Crippen molar-refractivity contribution in [2.75, 3.05) is 11.9 Å². The summed E-state index contributed by atoms with van der Waals surface area (Å²) in [6.07, 6.45) is 1.32. The number of halogens is 1. The molecule has 10 heteroatoms. The summed E-state index contributed by atoms with van der Waals surface area (Å²) >= 11 is 6.13. The maximum Gasteiger partial charge on any atom is 0.340 e. The first kappa shape index (κ1) is 21.0. The van der Waals surface area contributed by atoms with Gasteiger partial charge in [-0.25, -0.2) is 0 Å². The van der Waals surface area contributed by atoms with E-state index in [1.165, 1.54) is 36.6 Å². The topological polar surface area (TPSA) is 112 Å². The maximum absolute atomic E-state index is 12.9. The van der Waals surface area contributed by atoms with Gasteiger partial charge in [0.2, 0.25) is 0 Å². The molecule has 1 aromatic heterocycles. The summed E-state index contributed by atoms with van der Waals surface area (Å²) in [6, 6.07) is 15.6. The fourth-order valence-electron chi connectivity index (χ4n) is 3.42. The van der Waals surface area contributed by atoms with Crippen LogP contribution < -0.4 is 19.7 Å². The summed E-state index contributed by atoms with van der Waals surface area (Å²) < 4.78 is 41.8. The van der Waals surface area contributed by atoms with Gasteiger partial charge in [-0.2, -0.15) is 8.42 Å². The van der Waals surface area contributed by atoms with Crippen molar-refractivity contribution >= 4 is 44.3 Å². The van der Waals surface area contributed by atoms with Gasteiger partial charge in [0, 0.05) is 12.1 Å². The zero-order valence-corrected chi connectivity index (χ0v) is 18.3. The van der Waals surface area contributed by atoms with Crippen molar-refractivity contribution in [3.8, 4) is 22.6 Å². The lowest BCUT2D eigenvalue weighted by Crippen LogP contribution is -2.25. The van der Waals surface area contributed by atoms with E-state index in [9.17, 15) is 18.0 Å². The van der Waals surface area contributed by atoms with Crippen molar-refractivity contribution < 1.29 is 26.5 Å². The Kier molecular flexibility index (Phi) is 5.07. The summed E-state index contributed by atoms with van der Waals surface area (Å²) in [4.78, 5) is 24.0. The Morgan fingerprint density at radius 1 is 1.00 bits per heavy atom. The van der Waals surface area contributed by atoms with E-state index in [4.69, 9.17) is 24.9 Å². The minimum absolute atomic E-state index is 0.0684. The highest BCUT2D eigenvalue weighted by Gasteiger charge is 2.26. The molecule has 0 atom stereocenters. The minimum Gasteiger partial charge on any atom is -0.482 e. The van der Waals surface area contributed by atoms with E-state index in [0.29, 0.717) is 11.1 Å². The lowest BCUT2D eigenvalue weighted by molar-refractivity contribution is -0.118. The number of carbonyl (C=O) groups is 1. The molecule has 0 fully saturated rings. The fourth-order valence-corrected chi connectivity index (χ4v) is 4.87. The summed E-state index contributed by atoms with van der Waals surface area (Å²) in [7, 11) is -4.37. The highest BCUT2D eigenvalue weighted by molar-refractivity contribution is 7.87. The Labute approximate surface area is 192 Å². The lowest BCUT2D eigenvalue weighted by Gasteiger charge is -2.19. The zero-order valence-electron chi connectivity index (χ0n) is 16.7. The van der Waals surface area contributed by atoms with Gasteiger partial charge in [0.05, 0.1) is 21.7 Å². The van der Waals surface area contributed by atoms with E-state index in [1.807, 2.05) is 18.2 Å².